The first-order valence-corrected chi connectivity index (χ1v) is 5.41. The van der Waals surface area contributed by atoms with E-state index >= 15 is 0 Å². The van der Waals surface area contributed by atoms with E-state index in [1.165, 1.54) is 0 Å². The molecule has 0 bridgehead atoms. The highest BCUT2D eigenvalue weighted by atomic mass is 32.2. The van der Waals surface area contributed by atoms with Crippen LogP contribution in [0.3, 0.4) is 0 Å². The maximum absolute atomic E-state index is 11.7. The van der Waals surface area contributed by atoms with Gasteiger partial charge < -0.3 is 0 Å². The second-order valence-corrected chi connectivity index (χ2v) is 4.93. The molecule has 12 heavy (non-hydrogen) atoms. The number of hydrogen-bond acceptors (Lipinski definition) is 1. The molecule has 3 heteroatoms. The Labute approximate surface area is 73.8 Å². The monoisotopic (exact) mass is 183 g/mol. The van der Waals surface area contributed by atoms with E-state index in [0.29, 0.717) is 0 Å². The second-order valence-electron chi connectivity index (χ2n) is 2.70. The van der Waals surface area contributed by atoms with Crippen LogP contribution in [-0.2, 0) is 9.71 Å². The molecule has 1 atom stereocenters. The molecule has 0 spiro atoms. The van der Waals surface area contributed by atoms with Crippen LogP contribution in [0.25, 0.3) is 0 Å². The quantitative estimate of drug-likeness (QED) is 0.686. The van der Waals surface area contributed by atoms with Crippen molar-refractivity contribution in [3.05, 3.63) is 29.8 Å². The molecule has 1 unspecified atom stereocenters. The minimum absolute atomic E-state index is 0.755. The largest absolute Gasteiger partial charge is 0.248 e. The van der Waals surface area contributed by atoms with Gasteiger partial charge in [0.05, 0.1) is 9.71 Å². The highest BCUT2D eigenvalue weighted by Gasteiger charge is 2.02. The van der Waals surface area contributed by atoms with Crippen molar-refractivity contribution in [2.75, 3.05) is 7.05 Å². The van der Waals surface area contributed by atoms with E-state index in [0.717, 1.165) is 10.5 Å². The molecule has 0 aromatic heterocycles. The number of nitrogens with one attached hydrogen (secondary N) is 1. The highest BCUT2D eigenvalue weighted by molar-refractivity contribution is 7.98. The van der Waals surface area contributed by atoms with Crippen LogP contribution < -0.4 is 4.72 Å². The predicted molar refractivity (Wildman–Crippen MR) is 53.8 cm³/mol. The van der Waals surface area contributed by atoms with Gasteiger partial charge in [0.25, 0.3) is 0 Å². The maximum Gasteiger partial charge on any atom is 0.0530 e. The predicted octanol–water partition coefficient (Wildman–Crippen LogP) is 1.20. The lowest BCUT2D eigenvalue weighted by Gasteiger charge is -2.07. The van der Waals surface area contributed by atoms with Gasteiger partial charge in [-0.2, -0.15) is 0 Å². The van der Waals surface area contributed by atoms with Crippen LogP contribution in [0.2, 0.25) is 0 Å². The third kappa shape index (κ3) is 1.87. The molecule has 1 aromatic rings. The van der Waals surface area contributed by atoms with Gasteiger partial charge in [-0.25, -0.2) is 8.93 Å². The molecule has 1 N–H and O–H groups in total. The van der Waals surface area contributed by atoms with Crippen molar-refractivity contribution in [2.45, 2.75) is 11.8 Å². The van der Waals surface area contributed by atoms with Crippen molar-refractivity contribution in [1.29, 1.82) is 0 Å². The van der Waals surface area contributed by atoms with Crippen molar-refractivity contribution >= 4 is 15.6 Å². The SMILES string of the molecule is C=S(=O)(NC)c1cccc(C)c1. The third-order valence-electron chi connectivity index (χ3n) is 1.70. The van der Waals surface area contributed by atoms with Crippen LogP contribution in [-0.4, -0.2) is 17.1 Å². The number of rotatable bonds is 2. The van der Waals surface area contributed by atoms with Gasteiger partial charge in [-0.1, -0.05) is 12.1 Å². The fraction of sp³-hybridized carbons (Fsp3) is 0.222. The van der Waals surface area contributed by atoms with Gasteiger partial charge >= 0.3 is 0 Å². The van der Waals surface area contributed by atoms with Crippen molar-refractivity contribution in [2.24, 2.45) is 0 Å². The lowest BCUT2D eigenvalue weighted by atomic mass is 10.2. The first kappa shape index (κ1) is 9.29. The summed E-state index contributed by atoms with van der Waals surface area (Å²) in [6.45, 7) is 1.97. The normalized spacial score (nSPS) is 15.5. The van der Waals surface area contributed by atoms with Gasteiger partial charge in [-0.05, 0) is 37.5 Å². The molecule has 0 fully saturated rings. The van der Waals surface area contributed by atoms with Crippen molar-refractivity contribution < 1.29 is 4.21 Å². The van der Waals surface area contributed by atoms with Gasteiger partial charge in [-0.15, -0.1) is 0 Å². The van der Waals surface area contributed by atoms with E-state index < -0.39 is 9.71 Å². The van der Waals surface area contributed by atoms with E-state index in [2.05, 4.69) is 10.6 Å². The first-order valence-electron chi connectivity index (χ1n) is 3.68. The molecular formula is C9H13NOS. The number of aryl methyl sites for hydroxylation is 1. The van der Waals surface area contributed by atoms with E-state index in [1.807, 2.05) is 31.2 Å². The molecule has 0 aliphatic rings. The summed E-state index contributed by atoms with van der Waals surface area (Å²) in [5.74, 6) is 3.62. The van der Waals surface area contributed by atoms with Crippen LogP contribution in [0, 0.1) is 6.92 Å². The van der Waals surface area contributed by atoms with Crippen LogP contribution >= 0.6 is 0 Å². The average molecular weight is 183 g/mol. The zero-order valence-electron chi connectivity index (χ0n) is 7.33. The Kier molecular flexibility index (Phi) is 2.55. The summed E-state index contributed by atoms with van der Waals surface area (Å²) in [5.41, 5.74) is 1.10. The molecule has 0 heterocycles. The molecule has 0 saturated heterocycles. The molecule has 0 saturated carbocycles. The van der Waals surface area contributed by atoms with Crippen LogP contribution in [0.15, 0.2) is 29.2 Å². The van der Waals surface area contributed by atoms with Crippen LogP contribution in [0.1, 0.15) is 5.56 Å². The fourth-order valence-corrected chi connectivity index (χ4v) is 1.85. The van der Waals surface area contributed by atoms with Crippen molar-refractivity contribution in [3.8, 4) is 0 Å². The molecule has 66 valence electrons. The Hall–Kier alpha value is -0.800. The second kappa shape index (κ2) is 3.29. The van der Waals surface area contributed by atoms with Gasteiger partial charge in [0.2, 0.25) is 0 Å². The standard InChI is InChI=1S/C9H13NOS/c1-8-5-4-6-9(7-8)12(3,11)10-2/h4-7H,3H2,1-2H3,(H,10,11). The summed E-state index contributed by atoms with van der Waals surface area (Å²) in [6, 6.07) is 7.55. The van der Waals surface area contributed by atoms with Crippen LogP contribution in [0.5, 0.6) is 0 Å². The summed E-state index contributed by atoms with van der Waals surface area (Å²) in [4.78, 5) is 0.755. The molecule has 1 rings (SSSR count). The zero-order chi connectivity index (χ0) is 9.19. The molecule has 0 radical (unpaired) electrons. The molecule has 0 amide bonds. The summed E-state index contributed by atoms with van der Waals surface area (Å²) in [7, 11) is -0.620. The number of hydrogen-bond donors (Lipinski definition) is 1. The van der Waals surface area contributed by atoms with Crippen molar-refractivity contribution in [3.63, 3.8) is 0 Å². The Morgan fingerprint density at radius 3 is 2.67 bits per heavy atom. The minimum Gasteiger partial charge on any atom is -0.248 e. The van der Waals surface area contributed by atoms with E-state index in [-0.39, 0.29) is 0 Å². The topological polar surface area (TPSA) is 29.1 Å². The molecule has 0 aliphatic carbocycles. The van der Waals surface area contributed by atoms with Gasteiger partial charge in [0, 0.05) is 4.90 Å². The Balaban J connectivity index is 3.21. The van der Waals surface area contributed by atoms with E-state index in [4.69, 9.17) is 0 Å². The maximum atomic E-state index is 11.7. The summed E-state index contributed by atoms with van der Waals surface area (Å²) in [6.07, 6.45) is 0. The summed E-state index contributed by atoms with van der Waals surface area (Å²) >= 11 is 0. The lowest BCUT2D eigenvalue weighted by molar-refractivity contribution is 0.675. The van der Waals surface area contributed by atoms with Crippen LogP contribution in [0.4, 0.5) is 0 Å². The summed E-state index contributed by atoms with van der Waals surface area (Å²) in [5, 5.41) is 0. The van der Waals surface area contributed by atoms with Gasteiger partial charge in [0.1, 0.15) is 0 Å². The van der Waals surface area contributed by atoms with E-state index in [9.17, 15) is 4.21 Å². The molecule has 0 aliphatic heterocycles. The average Bonchev–Trinajstić information content (AvgIpc) is 2.05. The van der Waals surface area contributed by atoms with E-state index in [1.54, 1.807) is 7.05 Å². The molecular weight excluding hydrogens is 170 g/mol. The molecule has 1 aromatic carbocycles. The zero-order valence-corrected chi connectivity index (χ0v) is 8.15. The van der Waals surface area contributed by atoms with Crippen molar-refractivity contribution in [1.82, 2.24) is 4.72 Å². The van der Waals surface area contributed by atoms with Gasteiger partial charge in [0.15, 0.2) is 0 Å². The minimum atomic E-state index is -2.27. The Morgan fingerprint density at radius 1 is 1.50 bits per heavy atom. The number of benzene rings is 1. The summed E-state index contributed by atoms with van der Waals surface area (Å²) < 4.78 is 14.4. The fourth-order valence-electron chi connectivity index (χ4n) is 0.938. The lowest BCUT2D eigenvalue weighted by Crippen LogP contribution is -2.18. The third-order valence-corrected chi connectivity index (χ3v) is 3.37. The highest BCUT2D eigenvalue weighted by Crippen LogP contribution is 2.09. The Morgan fingerprint density at radius 2 is 2.17 bits per heavy atom. The van der Waals surface area contributed by atoms with Gasteiger partial charge in [-0.3, -0.25) is 0 Å². The Bertz CT molecular complexity index is 368. The smallest absolute Gasteiger partial charge is 0.0530 e. The molecule has 2 nitrogen and oxygen atoms in total. The first-order chi connectivity index (χ1) is 5.56.